The summed E-state index contributed by atoms with van der Waals surface area (Å²) in [6, 6.07) is 7.28. The van der Waals surface area contributed by atoms with Crippen LogP contribution in [0.1, 0.15) is 35.2 Å². The number of hydrogen-bond acceptors (Lipinski definition) is 4. The Kier molecular flexibility index (Phi) is 4.56. The van der Waals surface area contributed by atoms with Gasteiger partial charge in [0.15, 0.2) is 5.82 Å². The standard InChI is InChI=1S/C22H24FN5O2/c1-13-10-16(4-5-17(13)22(30)27-9-7-15(23)12-27)25-20-19-18(6-8-24-21(19)29)28(26-20)11-14-2-3-14/h4-6,8,10,14-15H,2-3,7,9,11-12H2,1H3,(H,24,29)(H,25,26)/t15-/m0/s1. The van der Waals surface area contributed by atoms with E-state index >= 15 is 0 Å². The van der Waals surface area contributed by atoms with Crippen molar-refractivity contribution < 1.29 is 9.18 Å². The van der Waals surface area contributed by atoms with Crippen LogP contribution in [0.2, 0.25) is 0 Å². The number of pyridine rings is 1. The number of alkyl halides is 1. The second-order valence-corrected chi connectivity index (χ2v) is 8.33. The average Bonchev–Trinajstić information content (AvgIpc) is 3.32. The first kappa shape index (κ1) is 18.8. The minimum absolute atomic E-state index is 0.144. The summed E-state index contributed by atoms with van der Waals surface area (Å²) in [5.41, 5.74) is 2.73. The molecule has 2 fully saturated rings. The largest absolute Gasteiger partial charge is 0.338 e. The van der Waals surface area contributed by atoms with Crippen LogP contribution in [0.3, 0.4) is 0 Å². The third-order valence-corrected chi connectivity index (χ3v) is 5.94. The number of likely N-dealkylation sites (tertiary alicyclic amines) is 1. The van der Waals surface area contributed by atoms with E-state index in [2.05, 4.69) is 15.4 Å². The van der Waals surface area contributed by atoms with E-state index in [-0.39, 0.29) is 18.0 Å². The molecule has 7 nitrogen and oxygen atoms in total. The number of halogens is 1. The Balaban J connectivity index is 1.43. The van der Waals surface area contributed by atoms with Crippen molar-refractivity contribution in [1.82, 2.24) is 19.7 Å². The van der Waals surface area contributed by atoms with Gasteiger partial charge in [-0.2, -0.15) is 5.10 Å². The molecule has 156 valence electrons. The highest BCUT2D eigenvalue weighted by Gasteiger charge is 2.28. The molecule has 30 heavy (non-hydrogen) atoms. The van der Waals surface area contributed by atoms with E-state index in [9.17, 15) is 14.0 Å². The van der Waals surface area contributed by atoms with Crippen molar-refractivity contribution in [2.45, 2.75) is 38.9 Å². The number of benzene rings is 1. The molecule has 2 N–H and O–H groups in total. The van der Waals surface area contributed by atoms with E-state index in [0.29, 0.717) is 35.7 Å². The minimum atomic E-state index is -0.938. The monoisotopic (exact) mass is 409 g/mol. The van der Waals surface area contributed by atoms with Gasteiger partial charge in [-0.1, -0.05) is 0 Å². The van der Waals surface area contributed by atoms with Gasteiger partial charge in [-0.25, -0.2) is 4.39 Å². The second kappa shape index (κ2) is 7.27. The van der Waals surface area contributed by atoms with Gasteiger partial charge in [0.1, 0.15) is 11.6 Å². The highest BCUT2D eigenvalue weighted by molar-refractivity contribution is 5.97. The van der Waals surface area contributed by atoms with Crippen molar-refractivity contribution in [3.8, 4) is 0 Å². The van der Waals surface area contributed by atoms with E-state index in [0.717, 1.165) is 23.3 Å². The van der Waals surface area contributed by atoms with Crippen molar-refractivity contribution in [3.05, 3.63) is 51.9 Å². The van der Waals surface area contributed by atoms with Crippen molar-refractivity contribution in [3.63, 3.8) is 0 Å². The number of nitrogens with one attached hydrogen (secondary N) is 2. The highest BCUT2D eigenvalue weighted by Crippen LogP contribution is 2.33. The van der Waals surface area contributed by atoms with Crippen LogP contribution in [0, 0.1) is 12.8 Å². The van der Waals surface area contributed by atoms with Crippen LogP contribution in [-0.2, 0) is 6.54 Å². The SMILES string of the molecule is Cc1cc(Nc2nn(CC3CC3)c3cc[nH]c(=O)c23)ccc1C(=O)N1CC[C@H](F)C1. The lowest BCUT2D eigenvalue weighted by atomic mass is 10.1. The Morgan fingerprint density at radius 3 is 2.83 bits per heavy atom. The third-order valence-electron chi connectivity index (χ3n) is 5.94. The zero-order chi connectivity index (χ0) is 20.8. The predicted molar refractivity (Wildman–Crippen MR) is 113 cm³/mol. The molecule has 1 atom stereocenters. The van der Waals surface area contributed by atoms with Crippen molar-refractivity contribution in [2.24, 2.45) is 5.92 Å². The molecule has 0 unspecified atom stereocenters. The molecule has 2 aromatic heterocycles. The van der Waals surface area contributed by atoms with E-state index in [1.807, 2.05) is 23.7 Å². The highest BCUT2D eigenvalue weighted by atomic mass is 19.1. The van der Waals surface area contributed by atoms with E-state index in [1.165, 1.54) is 12.8 Å². The molecule has 8 heteroatoms. The number of carbonyl (C=O) groups is 1. The number of H-pyrrole nitrogens is 1. The molecule has 0 radical (unpaired) electrons. The maximum absolute atomic E-state index is 13.5. The van der Waals surface area contributed by atoms with E-state index in [4.69, 9.17) is 0 Å². The molecule has 3 heterocycles. The lowest BCUT2D eigenvalue weighted by molar-refractivity contribution is 0.0782. The maximum Gasteiger partial charge on any atom is 0.261 e. The van der Waals surface area contributed by atoms with Gasteiger partial charge in [-0.05, 0) is 61.9 Å². The van der Waals surface area contributed by atoms with Crippen molar-refractivity contribution in [1.29, 1.82) is 0 Å². The summed E-state index contributed by atoms with van der Waals surface area (Å²) in [4.78, 5) is 29.4. The maximum atomic E-state index is 13.5. The van der Waals surface area contributed by atoms with Crippen LogP contribution in [0.5, 0.6) is 0 Å². The van der Waals surface area contributed by atoms with Crippen LogP contribution in [-0.4, -0.2) is 44.8 Å². The summed E-state index contributed by atoms with van der Waals surface area (Å²) in [7, 11) is 0. The molecule has 0 spiro atoms. The number of aryl methyl sites for hydroxylation is 1. The Bertz CT molecular complexity index is 1180. The predicted octanol–water partition coefficient (Wildman–Crippen LogP) is 3.37. The average molecular weight is 409 g/mol. The molecule has 2 aliphatic rings. The summed E-state index contributed by atoms with van der Waals surface area (Å²) in [5, 5.41) is 8.43. The molecule has 1 saturated carbocycles. The Hall–Kier alpha value is -3.16. The molecule has 5 rings (SSSR count). The first-order valence-corrected chi connectivity index (χ1v) is 10.4. The Morgan fingerprint density at radius 1 is 1.30 bits per heavy atom. The van der Waals surface area contributed by atoms with Crippen LogP contribution in [0.4, 0.5) is 15.9 Å². The lowest BCUT2D eigenvalue weighted by Gasteiger charge is -2.17. The number of carbonyl (C=O) groups excluding carboxylic acids is 1. The Morgan fingerprint density at radius 2 is 2.13 bits per heavy atom. The molecule has 0 bridgehead atoms. The second-order valence-electron chi connectivity index (χ2n) is 8.33. The van der Waals surface area contributed by atoms with Gasteiger partial charge >= 0.3 is 0 Å². The van der Waals surface area contributed by atoms with E-state index < -0.39 is 6.17 Å². The fourth-order valence-electron chi connectivity index (χ4n) is 4.10. The zero-order valence-corrected chi connectivity index (χ0v) is 16.8. The fraction of sp³-hybridized carbons (Fsp3) is 0.409. The quantitative estimate of drug-likeness (QED) is 0.677. The number of amides is 1. The normalized spacial score (nSPS) is 18.9. The molecule has 3 aromatic rings. The van der Waals surface area contributed by atoms with Gasteiger partial charge in [-0.3, -0.25) is 14.3 Å². The summed E-state index contributed by atoms with van der Waals surface area (Å²) in [6.45, 7) is 3.27. The Labute approximate surface area is 172 Å². The number of nitrogens with zero attached hydrogens (tertiary/aromatic N) is 3. The number of hydrogen-bond donors (Lipinski definition) is 2. The van der Waals surface area contributed by atoms with Gasteiger partial charge in [-0.15, -0.1) is 0 Å². The van der Waals surface area contributed by atoms with Crippen LogP contribution in [0.15, 0.2) is 35.3 Å². The third kappa shape index (κ3) is 3.46. The summed E-state index contributed by atoms with van der Waals surface area (Å²) in [6.07, 6.45) is 3.50. The smallest absolute Gasteiger partial charge is 0.261 e. The topological polar surface area (TPSA) is 83.0 Å². The molecule has 1 aliphatic carbocycles. The first-order chi connectivity index (χ1) is 14.5. The molecule has 1 aromatic carbocycles. The molecule has 1 saturated heterocycles. The van der Waals surface area contributed by atoms with Crippen LogP contribution < -0.4 is 10.9 Å². The summed E-state index contributed by atoms with van der Waals surface area (Å²) >= 11 is 0. The van der Waals surface area contributed by atoms with Gasteiger partial charge in [0.2, 0.25) is 0 Å². The van der Waals surface area contributed by atoms with Crippen molar-refractivity contribution in [2.75, 3.05) is 18.4 Å². The van der Waals surface area contributed by atoms with Crippen LogP contribution in [0.25, 0.3) is 10.9 Å². The van der Waals surface area contributed by atoms with Crippen molar-refractivity contribution >= 4 is 28.3 Å². The zero-order valence-electron chi connectivity index (χ0n) is 16.8. The number of aromatic amines is 1. The van der Waals surface area contributed by atoms with Gasteiger partial charge in [0.05, 0.1) is 12.1 Å². The van der Waals surface area contributed by atoms with E-state index in [1.54, 1.807) is 23.2 Å². The number of aromatic nitrogens is 3. The van der Waals surface area contributed by atoms with Gasteiger partial charge in [0, 0.05) is 30.5 Å². The molecule has 1 amide bonds. The molecular weight excluding hydrogens is 385 g/mol. The fourth-order valence-corrected chi connectivity index (χ4v) is 4.10. The minimum Gasteiger partial charge on any atom is -0.338 e. The van der Waals surface area contributed by atoms with Crippen LogP contribution >= 0.6 is 0 Å². The summed E-state index contributed by atoms with van der Waals surface area (Å²) in [5.74, 6) is 0.989. The summed E-state index contributed by atoms with van der Waals surface area (Å²) < 4.78 is 15.4. The lowest BCUT2D eigenvalue weighted by Crippen LogP contribution is -2.29. The van der Waals surface area contributed by atoms with Gasteiger partial charge in [0.25, 0.3) is 11.5 Å². The number of fused-ring (bicyclic) bond motifs is 1. The molecule has 1 aliphatic heterocycles. The number of anilines is 2. The van der Waals surface area contributed by atoms with Gasteiger partial charge < -0.3 is 15.2 Å². The first-order valence-electron chi connectivity index (χ1n) is 10.4. The number of rotatable bonds is 5. The molecular formula is C22H24FN5O2.